The molecule has 0 aliphatic rings. The number of nitrogens with zero attached hydrogens (tertiary/aromatic N) is 2. The van der Waals surface area contributed by atoms with Crippen LogP contribution in [0.3, 0.4) is 0 Å². The van der Waals surface area contributed by atoms with Gasteiger partial charge in [0.2, 0.25) is 5.78 Å². The topological polar surface area (TPSA) is 34.9 Å². The first-order valence-electron chi connectivity index (χ1n) is 5.64. The van der Waals surface area contributed by atoms with E-state index in [1.165, 1.54) is 18.5 Å². The van der Waals surface area contributed by atoms with Crippen LogP contribution in [0.15, 0.2) is 30.6 Å². The summed E-state index contributed by atoms with van der Waals surface area (Å²) in [6, 6.07) is 3.35. The predicted molar refractivity (Wildman–Crippen MR) is 62.3 cm³/mol. The van der Waals surface area contributed by atoms with Gasteiger partial charge >= 0.3 is 0 Å². The molecule has 5 heteroatoms. The Balaban J connectivity index is 2.35. The van der Waals surface area contributed by atoms with Crippen molar-refractivity contribution in [3.05, 3.63) is 53.4 Å². The van der Waals surface area contributed by atoms with Gasteiger partial charge in [-0.25, -0.2) is 8.78 Å². The zero-order chi connectivity index (χ0) is 13.1. The Morgan fingerprint density at radius 3 is 2.61 bits per heavy atom. The number of aromatic nitrogens is 2. The van der Waals surface area contributed by atoms with E-state index < -0.39 is 23.0 Å². The third-order valence-corrected chi connectivity index (χ3v) is 2.54. The second-order valence-electron chi connectivity index (χ2n) is 3.92. The minimum Gasteiger partial charge on any atom is -0.288 e. The molecule has 1 aromatic heterocycles. The molecular formula is C13H12F2N2O. The molecule has 1 heterocycles. The molecule has 0 aliphatic carbocycles. The van der Waals surface area contributed by atoms with Gasteiger partial charge in [-0.05, 0) is 18.6 Å². The molecule has 0 amide bonds. The summed E-state index contributed by atoms with van der Waals surface area (Å²) < 4.78 is 28.5. The van der Waals surface area contributed by atoms with Crippen LogP contribution in [0.2, 0.25) is 0 Å². The minimum atomic E-state index is -0.858. The van der Waals surface area contributed by atoms with Crippen LogP contribution in [0.25, 0.3) is 0 Å². The minimum absolute atomic E-state index is 0.187. The Kier molecular flexibility index (Phi) is 3.50. The first-order valence-corrected chi connectivity index (χ1v) is 5.64. The summed E-state index contributed by atoms with van der Waals surface area (Å²) in [5, 5.41) is 3.96. The number of benzene rings is 1. The normalized spacial score (nSPS) is 10.6. The molecule has 0 atom stereocenters. The highest BCUT2D eigenvalue weighted by Gasteiger charge is 2.19. The van der Waals surface area contributed by atoms with Crippen LogP contribution in [-0.2, 0) is 6.54 Å². The average molecular weight is 250 g/mol. The molecule has 2 aromatic rings. The zero-order valence-corrected chi connectivity index (χ0v) is 9.86. The van der Waals surface area contributed by atoms with Crippen molar-refractivity contribution < 1.29 is 13.6 Å². The second-order valence-corrected chi connectivity index (χ2v) is 3.92. The maximum Gasteiger partial charge on any atom is 0.202 e. The van der Waals surface area contributed by atoms with E-state index in [9.17, 15) is 13.6 Å². The van der Waals surface area contributed by atoms with Crippen molar-refractivity contribution in [2.45, 2.75) is 19.9 Å². The van der Waals surface area contributed by atoms with Gasteiger partial charge in [0.05, 0.1) is 17.3 Å². The van der Waals surface area contributed by atoms with Gasteiger partial charge in [-0.3, -0.25) is 9.48 Å². The molecule has 0 bridgehead atoms. The van der Waals surface area contributed by atoms with Gasteiger partial charge in [-0.1, -0.05) is 13.0 Å². The van der Waals surface area contributed by atoms with Crippen LogP contribution >= 0.6 is 0 Å². The summed E-state index contributed by atoms with van der Waals surface area (Å²) in [4.78, 5) is 12.0. The fourth-order valence-corrected chi connectivity index (χ4v) is 1.69. The van der Waals surface area contributed by atoms with E-state index in [-0.39, 0.29) is 5.56 Å². The molecule has 0 aliphatic heterocycles. The van der Waals surface area contributed by atoms with Crippen LogP contribution in [0.1, 0.15) is 29.3 Å². The van der Waals surface area contributed by atoms with Crippen LogP contribution in [-0.4, -0.2) is 15.6 Å². The van der Waals surface area contributed by atoms with E-state index in [2.05, 4.69) is 5.10 Å². The number of aryl methyl sites for hydroxylation is 1. The van der Waals surface area contributed by atoms with Crippen LogP contribution in [0.5, 0.6) is 0 Å². The summed E-state index contributed by atoms with van der Waals surface area (Å²) in [7, 11) is 0. The van der Waals surface area contributed by atoms with E-state index >= 15 is 0 Å². The van der Waals surface area contributed by atoms with Gasteiger partial charge in [0.15, 0.2) is 0 Å². The van der Waals surface area contributed by atoms with Crippen molar-refractivity contribution >= 4 is 5.78 Å². The maximum atomic E-state index is 13.5. The Bertz CT molecular complexity index is 558. The smallest absolute Gasteiger partial charge is 0.202 e. The number of hydrogen-bond acceptors (Lipinski definition) is 2. The van der Waals surface area contributed by atoms with Crippen LogP contribution in [0.4, 0.5) is 8.78 Å². The van der Waals surface area contributed by atoms with E-state index in [1.54, 1.807) is 4.68 Å². The van der Waals surface area contributed by atoms with E-state index in [1.807, 2.05) is 6.92 Å². The molecule has 94 valence electrons. The predicted octanol–water partition coefficient (Wildman–Crippen LogP) is 2.80. The summed E-state index contributed by atoms with van der Waals surface area (Å²) in [5.74, 6) is -2.40. The number of ketones is 1. The van der Waals surface area contributed by atoms with E-state index in [0.717, 1.165) is 18.6 Å². The third-order valence-electron chi connectivity index (χ3n) is 2.54. The molecule has 0 fully saturated rings. The van der Waals surface area contributed by atoms with Crippen molar-refractivity contribution in [1.29, 1.82) is 0 Å². The van der Waals surface area contributed by atoms with Gasteiger partial charge in [0.1, 0.15) is 11.6 Å². The molecule has 0 radical (unpaired) electrons. The van der Waals surface area contributed by atoms with Gasteiger partial charge in [-0.15, -0.1) is 0 Å². The fourth-order valence-electron chi connectivity index (χ4n) is 1.69. The Hall–Kier alpha value is -2.04. The second kappa shape index (κ2) is 5.08. The van der Waals surface area contributed by atoms with Crippen LogP contribution < -0.4 is 0 Å². The molecule has 0 saturated carbocycles. The highest BCUT2D eigenvalue weighted by molar-refractivity contribution is 6.09. The quantitative estimate of drug-likeness (QED) is 0.782. The summed E-state index contributed by atoms with van der Waals surface area (Å²) in [6.45, 7) is 2.63. The standard InChI is InChI=1S/C13H12F2N2O/c1-2-6-17-8-9(7-16-17)13(18)12-10(14)4-3-5-11(12)15/h3-5,7-8H,2,6H2,1H3. The lowest BCUT2D eigenvalue weighted by Crippen LogP contribution is -2.06. The number of hydrogen-bond donors (Lipinski definition) is 0. The van der Waals surface area contributed by atoms with E-state index in [4.69, 9.17) is 0 Å². The molecule has 0 saturated heterocycles. The average Bonchev–Trinajstić information content (AvgIpc) is 2.78. The van der Waals surface area contributed by atoms with Crippen molar-refractivity contribution in [1.82, 2.24) is 9.78 Å². The monoisotopic (exact) mass is 250 g/mol. The lowest BCUT2D eigenvalue weighted by molar-refractivity contribution is 0.103. The molecule has 0 unspecified atom stereocenters. The van der Waals surface area contributed by atoms with Gasteiger partial charge in [0, 0.05) is 12.7 Å². The molecule has 0 N–H and O–H groups in total. The zero-order valence-electron chi connectivity index (χ0n) is 9.86. The highest BCUT2D eigenvalue weighted by atomic mass is 19.1. The van der Waals surface area contributed by atoms with Crippen molar-refractivity contribution in [2.24, 2.45) is 0 Å². The van der Waals surface area contributed by atoms with Crippen molar-refractivity contribution in [3.63, 3.8) is 0 Å². The van der Waals surface area contributed by atoms with Crippen molar-refractivity contribution in [2.75, 3.05) is 0 Å². The van der Waals surface area contributed by atoms with Gasteiger partial charge in [-0.2, -0.15) is 5.10 Å². The molecule has 0 spiro atoms. The Labute approximate surface area is 103 Å². The first-order chi connectivity index (χ1) is 8.63. The number of carbonyl (C=O) groups is 1. The summed E-state index contributed by atoms with van der Waals surface area (Å²) >= 11 is 0. The number of halogens is 2. The molecule has 1 aromatic carbocycles. The number of carbonyl (C=O) groups excluding carboxylic acids is 1. The molecular weight excluding hydrogens is 238 g/mol. The van der Waals surface area contributed by atoms with Crippen molar-refractivity contribution in [3.8, 4) is 0 Å². The largest absolute Gasteiger partial charge is 0.288 e. The Morgan fingerprint density at radius 1 is 1.33 bits per heavy atom. The van der Waals surface area contributed by atoms with Crippen LogP contribution in [0, 0.1) is 11.6 Å². The molecule has 2 rings (SSSR count). The molecule has 3 nitrogen and oxygen atoms in total. The summed E-state index contributed by atoms with van der Waals surface area (Å²) in [6.07, 6.45) is 3.69. The third kappa shape index (κ3) is 2.30. The summed E-state index contributed by atoms with van der Waals surface area (Å²) in [5.41, 5.74) is -0.346. The first kappa shape index (κ1) is 12.4. The SMILES string of the molecule is CCCn1cc(C(=O)c2c(F)cccc2F)cn1. The van der Waals surface area contributed by atoms with Gasteiger partial charge in [0.25, 0.3) is 0 Å². The molecule has 18 heavy (non-hydrogen) atoms. The number of rotatable bonds is 4. The van der Waals surface area contributed by atoms with Gasteiger partial charge < -0.3 is 0 Å². The fraction of sp³-hybridized carbons (Fsp3) is 0.231. The Morgan fingerprint density at radius 2 is 2.00 bits per heavy atom. The maximum absolute atomic E-state index is 13.5. The highest BCUT2D eigenvalue weighted by Crippen LogP contribution is 2.16. The lowest BCUT2D eigenvalue weighted by Gasteiger charge is -2.01. The lowest BCUT2D eigenvalue weighted by atomic mass is 10.1. The van der Waals surface area contributed by atoms with E-state index in [0.29, 0.717) is 6.54 Å².